The summed E-state index contributed by atoms with van der Waals surface area (Å²) >= 11 is 3.47. The Morgan fingerprint density at radius 2 is 1.97 bits per heavy atom. The van der Waals surface area contributed by atoms with Gasteiger partial charge in [-0.25, -0.2) is 9.97 Å². The van der Waals surface area contributed by atoms with Gasteiger partial charge < -0.3 is 5.32 Å². The number of thiazole rings is 2. The molecular formula is C26H26N4OS2. The van der Waals surface area contributed by atoms with E-state index in [0.29, 0.717) is 0 Å². The van der Waals surface area contributed by atoms with Crippen LogP contribution in [0.2, 0.25) is 0 Å². The molecule has 2 aliphatic rings. The molecule has 0 bridgehead atoms. The Morgan fingerprint density at radius 1 is 1.15 bits per heavy atom. The number of nitrogens with one attached hydrogen (secondary N) is 1. The number of aryl methyl sites for hydroxylation is 1. The van der Waals surface area contributed by atoms with Gasteiger partial charge in [-0.1, -0.05) is 30.3 Å². The highest BCUT2D eigenvalue weighted by atomic mass is 32.1. The van der Waals surface area contributed by atoms with Crippen LogP contribution < -0.4 is 5.32 Å². The van der Waals surface area contributed by atoms with Crippen LogP contribution in [0, 0.1) is 18.3 Å². The van der Waals surface area contributed by atoms with Gasteiger partial charge in [-0.3, -0.25) is 9.69 Å². The zero-order valence-corrected chi connectivity index (χ0v) is 20.2. The Bertz CT molecular complexity index is 1300. The Hall–Kier alpha value is -2.61. The average molecular weight is 475 g/mol. The highest BCUT2D eigenvalue weighted by molar-refractivity contribution is 7.18. The second-order valence-corrected chi connectivity index (χ2v) is 11.6. The number of nitrogens with zero attached hydrogens (tertiary/aromatic N) is 3. The lowest BCUT2D eigenvalue weighted by Gasteiger charge is -2.32. The largest absolute Gasteiger partial charge is 0.326 e. The van der Waals surface area contributed by atoms with Crippen molar-refractivity contribution in [2.75, 3.05) is 18.4 Å². The first-order valence-corrected chi connectivity index (χ1v) is 13.1. The van der Waals surface area contributed by atoms with Crippen molar-refractivity contribution < 1.29 is 4.79 Å². The van der Waals surface area contributed by atoms with Crippen molar-refractivity contribution in [2.24, 2.45) is 11.3 Å². The molecule has 1 N–H and O–H groups in total. The number of piperidine rings is 1. The standard InChI is InChI=1S/C26H26N4OS2/c1-17-28-22-13-19(7-8-23(22)32-17)29-24(31)21-14-26(21)9-11-30(12-10-26)16-20-15-27-25(33-20)18-5-3-2-4-6-18/h2-8,13,15,21H,9-12,14,16H2,1H3,(H,29,31). The van der Waals surface area contributed by atoms with Crippen LogP contribution in [0.25, 0.3) is 20.8 Å². The summed E-state index contributed by atoms with van der Waals surface area (Å²) in [7, 11) is 0. The minimum Gasteiger partial charge on any atom is -0.326 e. The van der Waals surface area contributed by atoms with Gasteiger partial charge in [-0.2, -0.15) is 0 Å². The second kappa shape index (κ2) is 8.31. The summed E-state index contributed by atoms with van der Waals surface area (Å²) in [6.07, 6.45) is 5.23. The average Bonchev–Trinajstić information content (AvgIpc) is 3.13. The zero-order chi connectivity index (χ0) is 22.4. The van der Waals surface area contributed by atoms with E-state index in [9.17, 15) is 4.79 Å². The maximum Gasteiger partial charge on any atom is 0.228 e. The number of hydrogen-bond donors (Lipinski definition) is 1. The molecule has 168 valence electrons. The molecule has 1 aliphatic heterocycles. The first kappa shape index (κ1) is 21.0. The van der Waals surface area contributed by atoms with Crippen molar-refractivity contribution in [3.63, 3.8) is 0 Å². The fraction of sp³-hybridized carbons (Fsp3) is 0.346. The molecular weight excluding hydrogens is 448 g/mol. The summed E-state index contributed by atoms with van der Waals surface area (Å²) in [6, 6.07) is 16.4. The highest BCUT2D eigenvalue weighted by Crippen LogP contribution is 2.59. The number of carbonyl (C=O) groups excluding carboxylic acids is 1. The van der Waals surface area contributed by atoms with Gasteiger partial charge in [-0.05, 0) is 62.9 Å². The van der Waals surface area contributed by atoms with E-state index in [-0.39, 0.29) is 17.2 Å². The second-order valence-electron chi connectivity index (χ2n) is 9.30. The van der Waals surface area contributed by atoms with E-state index in [0.717, 1.165) is 64.8 Å². The quantitative estimate of drug-likeness (QED) is 0.387. The molecule has 4 aromatic rings. The summed E-state index contributed by atoms with van der Waals surface area (Å²) in [6.45, 7) is 5.06. The molecule has 1 aliphatic carbocycles. The van der Waals surface area contributed by atoms with Crippen LogP contribution in [0.4, 0.5) is 5.69 Å². The fourth-order valence-corrected chi connectivity index (χ4v) is 6.86. The van der Waals surface area contributed by atoms with Gasteiger partial charge in [0.05, 0.1) is 15.2 Å². The molecule has 2 aromatic heterocycles. The molecule has 0 radical (unpaired) electrons. The smallest absolute Gasteiger partial charge is 0.228 e. The van der Waals surface area contributed by atoms with Gasteiger partial charge in [0.2, 0.25) is 5.91 Å². The van der Waals surface area contributed by atoms with Crippen LogP contribution in [-0.4, -0.2) is 33.9 Å². The third-order valence-electron chi connectivity index (χ3n) is 7.07. The predicted molar refractivity (Wildman–Crippen MR) is 136 cm³/mol. The number of benzene rings is 2. The molecule has 2 aromatic carbocycles. The molecule has 1 spiro atoms. The van der Waals surface area contributed by atoms with Crippen LogP contribution in [-0.2, 0) is 11.3 Å². The summed E-state index contributed by atoms with van der Waals surface area (Å²) in [5.74, 6) is 0.310. The Labute approximate surface area is 201 Å². The number of anilines is 1. The maximum absolute atomic E-state index is 13.0. The molecule has 1 unspecified atom stereocenters. The van der Waals surface area contributed by atoms with Crippen molar-refractivity contribution in [1.29, 1.82) is 0 Å². The van der Waals surface area contributed by atoms with Gasteiger partial charge in [-0.15, -0.1) is 22.7 Å². The van der Waals surface area contributed by atoms with Gasteiger partial charge in [0, 0.05) is 34.8 Å². The van der Waals surface area contributed by atoms with Crippen molar-refractivity contribution in [3.05, 3.63) is 64.6 Å². The molecule has 3 heterocycles. The number of amides is 1. The molecule has 1 atom stereocenters. The zero-order valence-electron chi connectivity index (χ0n) is 18.6. The van der Waals surface area contributed by atoms with Crippen molar-refractivity contribution in [1.82, 2.24) is 14.9 Å². The lowest BCUT2D eigenvalue weighted by Crippen LogP contribution is -2.35. The Balaban J connectivity index is 1.03. The Morgan fingerprint density at radius 3 is 2.79 bits per heavy atom. The van der Waals surface area contributed by atoms with Gasteiger partial charge in [0.15, 0.2) is 0 Å². The highest BCUT2D eigenvalue weighted by Gasteiger charge is 2.58. The molecule has 6 rings (SSSR count). The van der Waals surface area contributed by atoms with Crippen LogP contribution in [0.1, 0.15) is 29.1 Å². The van der Waals surface area contributed by atoms with E-state index in [4.69, 9.17) is 0 Å². The van der Waals surface area contributed by atoms with Crippen LogP contribution in [0.15, 0.2) is 54.7 Å². The number of hydrogen-bond acceptors (Lipinski definition) is 6. The predicted octanol–water partition coefficient (Wildman–Crippen LogP) is 5.97. The number of likely N-dealkylation sites (tertiary alicyclic amines) is 1. The first-order valence-electron chi connectivity index (χ1n) is 11.5. The molecule has 1 amide bonds. The number of rotatable bonds is 5. The molecule has 7 heteroatoms. The summed E-state index contributed by atoms with van der Waals surface area (Å²) in [5, 5.41) is 5.29. The summed E-state index contributed by atoms with van der Waals surface area (Å²) in [4.78, 5) is 25.9. The SMILES string of the molecule is Cc1nc2cc(NC(=O)C3CC34CCN(Cc3cnc(-c5ccccc5)s3)CC4)ccc2s1. The minimum absolute atomic E-state index is 0.139. The van der Waals surface area contributed by atoms with E-state index < -0.39 is 0 Å². The molecule has 1 saturated carbocycles. The number of fused-ring (bicyclic) bond motifs is 1. The third kappa shape index (κ3) is 4.21. The van der Waals surface area contributed by atoms with E-state index in [1.807, 2.05) is 31.3 Å². The normalized spacial score (nSPS) is 19.7. The lowest BCUT2D eigenvalue weighted by molar-refractivity contribution is -0.118. The van der Waals surface area contributed by atoms with Crippen LogP contribution >= 0.6 is 22.7 Å². The first-order chi connectivity index (χ1) is 16.1. The molecule has 33 heavy (non-hydrogen) atoms. The Kier molecular flexibility index (Phi) is 5.28. The van der Waals surface area contributed by atoms with Crippen LogP contribution in [0.3, 0.4) is 0 Å². The van der Waals surface area contributed by atoms with E-state index in [2.05, 4.69) is 50.5 Å². The topological polar surface area (TPSA) is 58.1 Å². The van der Waals surface area contributed by atoms with Crippen molar-refractivity contribution in [3.8, 4) is 10.6 Å². The minimum atomic E-state index is 0.139. The van der Waals surface area contributed by atoms with Crippen molar-refractivity contribution >= 4 is 44.5 Å². The maximum atomic E-state index is 13.0. The number of carbonyl (C=O) groups is 1. The summed E-state index contributed by atoms with van der Waals surface area (Å²) < 4.78 is 1.16. The molecule has 2 fully saturated rings. The van der Waals surface area contributed by atoms with E-state index in [1.165, 1.54) is 10.4 Å². The lowest BCUT2D eigenvalue weighted by atomic mass is 9.90. The van der Waals surface area contributed by atoms with Gasteiger partial charge >= 0.3 is 0 Å². The van der Waals surface area contributed by atoms with Crippen LogP contribution in [0.5, 0.6) is 0 Å². The van der Waals surface area contributed by atoms with E-state index in [1.54, 1.807) is 22.7 Å². The number of aromatic nitrogens is 2. The molecule has 1 saturated heterocycles. The van der Waals surface area contributed by atoms with E-state index >= 15 is 0 Å². The van der Waals surface area contributed by atoms with Crippen molar-refractivity contribution in [2.45, 2.75) is 32.7 Å². The fourth-order valence-electron chi connectivity index (χ4n) is 5.09. The third-order valence-corrected chi connectivity index (χ3v) is 9.06. The van der Waals surface area contributed by atoms with Gasteiger partial charge in [0.1, 0.15) is 5.01 Å². The summed E-state index contributed by atoms with van der Waals surface area (Å²) in [5.41, 5.74) is 3.21. The molecule has 5 nitrogen and oxygen atoms in total. The van der Waals surface area contributed by atoms with Gasteiger partial charge in [0.25, 0.3) is 0 Å². The monoisotopic (exact) mass is 474 g/mol.